The Labute approximate surface area is 138 Å². The Hall–Kier alpha value is -3.09. The van der Waals surface area contributed by atoms with Crippen LogP contribution >= 0.6 is 0 Å². The molecule has 2 aromatic rings. The van der Waals surface area contributed by atoms with Crippen LogP contribution in [0.5, 0.6) is 11.5 Å². The summed E-state index contributed by atoms with van der Waals surface area (Å²) < 4.78 is 6.58. The Kier molecular flexibility index (Phi) is 5.03. The standard InChI is InChI=1S/C17H18N2O5/c1-10-13(11(2)19(3)18-10)6-7-17(23)24-9-16(22)14-5-4-12(20)8-15(14)21/h4-8,20-21H,9H2,1-3H3/b7-6-. The van der Waals surface area contributed by atoms with Crippen molar-refractivity contribution < 1.29 is 24.5 Å². The summed E-state index contributed by atoms with van der Waals surface area (Å²) in [6.07, 6.45) is 2.81. The van der Waals surface area contributed by atoms with Crippen LogP contribution < -0.4 is 0 Å². The quantitative estimate of drug-likeness (QED) is 0.493. The molecule has 24 heavy (non-hydrogen) atoms. The zero-order valence-electron chi connectivity index (χ0n) is 13.6. The van der Waals surface area contributed by atoms with Gasteiger partial charge in [-0.15, -0.1) is 0 Å². The van der Waals surface area contributed by atoms with Crippen molar-refractivity contribution in [3.63, 3.8) is 0 Å². The summed E-state index contributed by atoms with van der Waals surface area (Å²) in [5.41, 5.74) is 2.48. The Bertz CT molecular complexity index is 821. The van der Waals surface area contributed by atoms with Crippen LogP contribution in [0.1, 0.15) is 27.3 Å². The number of carbonyl (C=O) groups is 2. The molecule has 0 atom stereocenters. The Balaban J connectivity index is 1.98. The van der Waals surface area contributed by atoms with E-state index in [0.29, 0.717) is 0 Å². The lowest BCUT2D eigenvalue weighted by atomic mass is 10.1. The number of ether oxygens (including phenoxy) is 1. The lowest BCUT2D eigenvalue weighted by Crippen LogP contribution is -2.12. The van der Waals surface area contributed by atoms with Gasteiger partial charge in [0.1, 0.15) is 11.5 Å². The maximum Gasteiger partial charge on any atom is 0.331 e. The van der Waals surface area contributed by atoms with Crippen molar-refractivity contribution in [3.8, 4) is 11.5 Å². The first kappa shape index (κ1) is 17.3. The van der Waals surface area contributed by atoms with Gasteiger partial charge in [0.05, 0.1) is 11.3 Å². The van der Waals surface area contributed by atoms with Crippen LogP contribution in [0, 0.1) is 13.8 Å². The van der Waals surface area contributed by atoms with E-state index in [1.165, 1.54) is 18.2 Å². The van der Waals surface area contributed by atoms with Gasteiger partial charge >= 0.3 is 5.97 Å². The van der Waals surface area contributed by atoms with Crippen LogP contribution in [0.4, 0.5) is 0 Å². The largest absolute Gasteiger partial charge is 0.508 e. The third-order valence-electron chi connectivity index (χ3n) is 3.58. The van der Waals surface area contributed by atoms with Crippen molar-refractivity contribution in [2.24, 2.45) is 7.05 Å². The molecule has 0 spiro atoms. The van der Waals surface area contributed by atoms with E-state index in [-0.39, 0.29) is 17.1 Å². The van der Waals surface area contributed by atoms with Gasteiger partial charge in [-0.25, -0.2) is 4.79 Å². The van der Waals surface area contributed by atoms with Crippen molar-refractivity contribution in [2.75, 3.05) is 6.61 Å². The van der Waals surface area contributed by atoms with Gasteiger partial charge in [-0.2, -0.15) is 5.10 Å². The zero-order valence-corrected chi connectivity index (χ0v) is 13.6. The average Bonchev–Trinajstić information content (AvgIpc) is 2.75. The maximum absolute atomic E-state index is 11.9. The lowest BCUT2D eigenvalue weighted by Gasteiger charge is -2.04. The molecule has 0 aliphatic heterocycles. The molecule has 7 nitrogen and oxygen atoms in total. The van der Waals surface area contributed by atoms with E-state index < -0.39 is 18.4 Å². The van der Waals surface area contributed by atoms with Crippen molar-refractivity contribution in [1.82, 2.24) is 9.78 Å². The molecule has 2 rings (SSSR count). The summed E-state index contributed by atoms with van der Waals surface area (Å²) in [7, 11) is 1.81. The number of carbonyl (C=O) groups excluding carboxylic acids is 2. The number of rotatable bonds is 5. The minimum absolute atomic E-state index is 0.0245. The number of hydrogen-bond donors (Lipinski definition) is 2. The van der Waals surface area contributed by atoms with Crippen LogP contribution in [0.2, 0.25) is 0 Å². The van der Waals surface area contributed by atoms with Crippen LogP contribution in [-0.2, 0) is 16.6 Å². The summed E-state index contributed by atoms with van der Waals surface area (Å²) in [6, 6.07) is 3.57. The number of aromatic nitrogens is 2. The van der Waals surface area contributed by atoms with Gasteiger partial charge in [-0.3, -0.25) is 9.48 Å². The van der Waals surface area contributed by atoms with Crippen molar-refractivity contribution >= 4 is 17.8 Å². The fraction of sp³-hybridized carbons (Fsp3) is 0.235. The normalized spacial score (nSPS) is 11.0. The highest BCUT2D eigenvalue weighted by molar-refractivity contribution is 6.01. The highest BCUT2D eigenvalue weighted by Crippen LogP contribution is 2.23. The number of phenols is 2. The topological polar surface area (TPSA) is 102 Å². The summed E-state index contributed by atoms with van der Waals surface area (Å²) in [5, 5.41) is 23.0. The molecule has 0 fully saturated rings. The van der Waals surface area contributed by atoms with Crippen LogP contribution in [0.25, 0.3) is 6.08 Å². The third kappa shape index (κ3) is 3.81. The fourth-order valence-electron chi connectivity index (χ4n) is 2.20. The molecular weight excluding hydrogens is 312 g/mol. The SMILES string of the molecule is Cc1nn(C)c(C)c1/C=C\C(=O)OCC(=O)c1ccc(O)cc1O. The van der Waals surface area contributed by atoms with E-state index in [2.05, 4.69) is 5.10 Å². The number of esters is 1. The van der Waals surface area contributed by atoms with E-state index >= 15 is 0 Å². The van der Waals surface area contributed by atoms with Gasteiger partial charge < -0.3 is 14.9 Å². The zero-order chi connectivity index (χ0) is 17.9. The molecule has 1 heterocycles. The minimum Gasteiger partial charge on any atom is -0.508 e. The van der Waals surface area contributed by atoms with Crippen LogP contribution in [0.15, 0.2) is 24.3 Å². The van der Waals surface area contributed by atoms with E-state index in [9.17, 15) is 19.8 Å². The van der Waals surface area contributed by atoms with Gasteiger partial charge in [0.2, 0.25) is 5.78 Å². The maximum atomic E-state index is 11.9. The lowest BCUT2D eigenvalue weighted by molar-refractivity contribution is -0.136. The summed E-state index contributed by atoms with van der Waals surface area (Å²) in [4.78, 5) is 23.6. The molecule has 1 aromatic heterocycles. The van der Waals surface area contributed by atoms with E-state index in [0.717, 1.165) is 23.0 Å². The third-order valence-corrected chi connectivity index (χ3v) is 3.58. The number of ketones is 1. The van der Waals surface area contributed by atoms with Gasteiger partial charge in [0.25, 0.3) is 0 Å². The Morgan fingerprint density at radius 2 is 2.00 bits per heavy atom. The fourth-order valence-corrected chi connectivity index (χ4v) is 2.20. The molecule has 2 N–H and O–H groups in total. The first-order valence-corrected chi connectivity index (χ1v) is 7.19. The molecule has 0 unspecified atom stereocenters. The molecule has 0 aliphatic carbocycles. The number of phenolic OH excluding ortho intramolecular Hbond substituents is 2. The van der Waals surface area contributed by atoms with E-state index in [1.807, 2.05) is 13.8 Å². The highest BCUT2D eigenvalue weighted by Gasteiger charge is 2.14. The molecule has 126 valence electrons. The second-order valence-corrected chi connectivity index (χ2v) is 5.27. The molecule has 7 heteroatoms. The number of aromatic hydroxyl groups is 2. The first-order chi connectivity index (χ1) is 11.3. The van der Waals surface area contributed by atoms with Crippen molar-refractivity contribution in [3.05, 3.63) is 46.8 Å². The number of nitrogens with zero attached hydrogens (tertiary/aromatic N) is 2. The predicted octanol–water partition coefficient (Wildman–Crippen LogP) is 1.89. The monoisotopic (exact) mass is 330 g/mol. The molecule has 1 aromatic carbocycles. The summed E-state index contributed by atoms with van der Waals surface area (Å²) >= 11 is 0. The van der Waals surface area contributed by atoms with E-state index in [1.54, 1.807) is 17.8 Å². The van der Waals surface area contributed by atoms with Gasteiger partial charge in [0.15, 0.2) is 6.61 Å². The number of aryl methyl sites for hydroxylation is 2. The minimum atomic E-state index is -0.677. The smallest absolute Gasteiger partial charge is 0.331 e. The Morgan fingerprint density at radius 1 is 1.29 bits per heavy atom. The summed E-state index contributed by atoms with van der Waals surface area (Å²) in [5.74, 6) is -1.77. The highest BCUT2D eigenvalue weighted by atomic mass is 16.5. The molecule has 0 saturated carbocycles. The van der Waals surface area contributed by atoms with E-state index in [4.69, 9.17) is 4.74 Å². The van der Waals surface area contributed by atoms with Crippen molar-refractivity contribution in [2.45, 2.75) is 13.8 Å². The summed E-state index contributed by atoms with van der Waals surface area (Å²) in [6.45, 7) is 3.20. The molecule has 0 aliphatic rings. The number of Topliss-reactive ketones (excluding diaryl/α,β-unsaturated/α-hetero) is 1. The van der Waals surface area contributed by atoms with Gasteiger partial charge in [0, 0.05) is 30.4 Å². The first-order valence-electron chi connectivity index (χ1n) is 7.19. The number of benzene rings is 1. The molecule has 0 bridgehead atoms. The van der Waals surface area contributed by atoms with Gasteiger partial charge in [-0.1, -0.05) is 0 Å². The van der Waals surface area contributed by atoms with Crippen LogP contribution in [0.3, 0.4) is 0 Å². The number of hydrogen-bond acceptors (Lipinski definition) is 6. The Morgan fingerprint density at radius 3 is 2.58 bits per heavy atom. The van der Waals surface area contributed by atoms with Crippen molar-refractivity contribution in [1.29, 1.82) is 0 Å². The molecule has 0 saturated heterocycles. The average molecular weight is 330 g/mol. The predicted molar refractivity (Wildman–Crippen MR) is 86.8 cm³/mol. The molecule has 0 amide bonds. The molecule has 0 radical (unpaired) electrons. The van der Waals surface area contributed by atoms with Gasteiger partial charge in [-0.05, 0) is 32.1 Å². The second-order valence-electron chi connectivity index (χ2n) is 5.27. The van der Waals surface area contributed by atoms with Crippen LogP contribution in [-0.4, -0.2) is 38.4 Å². The molecular formula is C17H18N2O5. The second kappa shape index (κ2) is 6.99.